The SMILES string of the molecule is COc1cc(N2CCN(C(=O)Cn3nc(-c4ncco4)c(Cl)c3C)CC2)ccc1Cl.COc1cc(N2CCN(C(=O)Cn3nc(C(=O)Cl)c(Cl)c3C)CC2)ccc1Cl. The van der Waals surface area contributed by atoms with Gasteiger partial charge in [0, 0.05) is 75.9 Å². The summed E-state index contributed by atoms with van der Waals surface area (Å²) in [6.45, 7) is 8.80. The first kappa shape index (κ1) is 42.9. The molecule has 5 heterocycles. The molecule has 2 aliphatic heterocycles. The molecule has 15 nitrogen and oxygen atoms in total. The Bertz CT molecular complexity index is 2270. The molecule has 0 radical (unpaired) electrons. The lowest BCUT2D eigenvalue weighted by Crippen LogP contribution is -2.49. The number of carbonyl (C=O) groups excluding carboxylic acids is 3. The maximum Gasteiger partial charge on any atom is 0.274 e. The highest BCUT2D eigenvalue weighted by molar-refractivity contribution is 6.68. The number of rotatable bonds is 10. The third-order valence-electron chi connectivity index (χ3n) is 9.92. The highest BCUT2D eigenvalue weighted by Crippen LogP contribution is 2.32. The van der Waals surface area contributed by atoms with Crippen LogP contribution in [0.25, 0.3) is 11.6 Å². The van der Waals surface area contributed by atoms with Gasteiger partial charge in [-0.1, -0.05) is 46.4 Å². The van der Waals surface area contributed by atoms with Crippen molar-refractivity contribution in [2.45, 2.75) is 26.9 Å². The maximum atomic E-state index is 12.8. The number of ether oxygens (including phenoxy) is 2. The summed E-state index contributed by atoms with van der Waals surface area (Å²) in [5.74, 6) is 1.49. The molecule has 7 rings (SSSR count). The number of anilines is 2. The minimum Gasteiger partial charge on any atom is -0.495 e. The second-order valence-corrected chi connectivity index (χ2v) is 15.2. The van der Waals surface area contributed by atoms with Crippen LogP contribution in [0.5, 0.6) is 11.5 Å². The van der Waals surface area contributed by atoms with E-state index >= 15 is 0 Å². The van der Waals surface area contributed by atoms with Crippen LogP contribution in [0.15, 0.2) is 53.3 Å². The maximum absolute atomic E-state index is 12.8. The Morgan fingerprint density at radius 1 is 0.690 bits per heavy atom. The van der Waals surface area contributed by atoms with E-state index in [4.69, 9.17) is 71.9 Å². The number of oxazole rings is 1. The zero-order chi connectivity index (χ0) is 41.7. The number of methoxy groups -OCH3 is 2. The van der Waals surface area contributed by atoms with Crippen LogP contribution in [0, 0.1) is 13.8 Å². The zero-order valence-corrected chi connectivity index (χ0v) is 35.8. The molecule has 5 aromatic rings. The number of halogens is 5. The van der Waals surface area contributed by atoms with Gasteiger partial charge in [-0.15, -0.1) is 0 Å². The first-order chi connectivity index (χ1) is 27.8. The van der Waals surface area contributed by atoms with E-state index in [1.165, 1.54) is 17.1 Å². The predicted molar refractivity (Wildman–Crippen MR) is 223 cm³/mol. The molecule has 0 bridgehead atoms. The third kappa shape index (κ3) is 9.61. The monoisotopic (exact) mass is 893 g/mol. The molecule has 2 aliphatic rings. The molecule has 2 aromatic carbocycles. The Morgan fingerprint density at radius 2 is 1.16 bits per heavy atom. The highest BCUT2D eigenvalue weighted by Gasteiger charge is 2.27. The van der Waals surface area contributed by atoms with Gasteiger partial charge in [0.05, 0.1) is 51.9 Å². The lowest BCUT2D eigenvalue weighted by atomic mass is 10.2. The van der Waals surface area contributed by atoms with Gasteiger partial charge >= 0.3 is 0 Å². The quantitative estimate of drug-likeness (QED) is 0.138. The number of piperazine rings is 2. The van der Waals surface area contributed by atoms with Gasteiger partial charge < -0.3 is 33.5 Å². The van der Waals surface area contributed by atoms with Crippen molar-refractivity contribution in [2.75, 3.05) is 76.4 Å². The predicted octanol–water partition coefficient (Wildman–Crippen LogP) is 6.75. The Hall–Kier alpha value is -4.67. The van der Waals surface area contributed by atoms with Crippen molar-refractivity contribution in [1.29, 1.82) is 0 Å². The van der Waals surface area contributed by atoms with Crippen LogP contribution in [0.1, 0.15) is 21.9 Å². The number of carbonyl (C=O) groups is 3. The summed E-state index contributed by atoms with van der Waals surface area (Å²) in [5.41, 5.74) is 3.65. The largest absolute Gasteiger partial charge is 0.495 e. The molecule has 2 fully saturated rings. The van der Waals surface area contributed by atoms with Crippen molar-refractivity contribution in [1.82, 2.24) is 34.3 Å². The van der Waals surface area contributed by atoms with E-state index in [1.807, 2.05) is 42.2 Å². The van der Waals surface area contributed by atoms with Crippen LogP contribution >= 0.6 is 58.0 Å². The molecule has 20 heteroatoms. The van der Waals surface area contributed by atoms with E-state index in [0.29, 0.717) is 88.8 Å². The van der Waals surface area contributed by atoms with Crippen molar-refractivity contribution < 1.29 is 28.3 Å². The van der Waals surface area contributed by atoms with Gasteiger partial charge in [0.2, 0.25) is 17.7 Å². The fraction of sp³-hybridized carbons (Fsp3) is 0.368. The Balaban J connectivity index is 0.000000196. The molecule has 2 amide bonds. The summed E-state index contributed by atoms with van der Waals surface area (Å²) in [6, 6.07) is 11.3. The number of hydrogen-bond acceptors (Lipinski definition) is 11. The van der Waals surface area contributed by atoms with Gasteiger partial charge in [-0.25, -0.2) is 4.98 Å². The van der Waals surface area contributed by atoms with E-state index in [2.05, 4.69) is 25.0 Å². The number of hydrogen-bond donors (Lipinski definition) is 0. The van der Waals surface area contributed by atoms with Gasteiger partial charge in [-0.2, -0.15) is 10.2 Å². The minimum absolute atomic E-state index is 0.00445. The first-order valence-corrected chi connectivity index (χ1v) is 20.0. The zero-order valence-electron chi connectivity index (χ0n) is 32.1. The minimum atomic E-state index is -0.744. The van der Waals surface area contributed by atoms with E-state index in [1.54, 1.807) is 36.8 Å². The summed E-state index contributed by atoms with van der Waals surface area (Å²) in [7, 11) is 3.17. The summed E-state index contributed by atoms with van der Waals surface area (Å²) in [5, 5.41) is 9.48. The number of benzene rings is 2. The van der Waals surface area contributed by atoms with Crippen molar-refractivity contribution in [3.05, 3.63) is 86.0 Å². The van der Waals surface area contributed by atoms with Gasteiger partial charge in [0.15, 0.2) is 11.4 Å². The summed E-state index contributed by atoms with van der Waals surface area (Å²) >= 11 is 30.1. The molecule has 0 N–H and O–H groups in total. The average Bonchev–Trinajstić information content (AvgIpc) is 3.94. The lowest BCUT2D eigenvalue weighted by Gasteiger charge is -2.36. The normalized spacial score (nSPS) is 14.3. The smallest absolute Gasteiger partial charge is 0.274 e. The first-order valence-electron chi connectivity index (χ1n) is 18.1. The van der Waals surface area contributed by atoms with E-state index < -0.39 is 5.24 Å². The third-order valence-corrected chi connectivity index (χ3v) is 11.6. The van der Waals surface area contributed by atoms with E-state index in [0.717, 1.165) is 24.5 Å². The molecule has 308 valence electrons. The number of nitrogens with zero attached hydrogens (tertiary/aromatic N) is 9. The Kier molecular flexibility index (Phi) is 14.0. The molecule has 3 aromatic heterocycles. The molecule has 0 atom stereocenters. The molecular formula is C38H40Cl5N9O6. The highest BCUT2D eigenvalue weighted by atomic mass is 35.5. The van der Waals surface area contributed by atoms with E-state index in [-0.39, 0.29) is 35.6 Å². The second-order valence-electron chi connectivity index (χ2n) is 13.3. The Morgan fingerprint density at radius 3 is 1.57 bits per heavy atom. The lowest BCUT2D eigenvalue weighted by molar-refractivity contribution is -0.133. The van der Waals surface area contributed by atoms with Gasteiger partial charge in [0.1, 0.15) is 30.9 Å². The molecule has 0 unspecified atom stereocenters. The van der Waals surface area contributed by atoms with Gasteiger partial charge in [-0.05, 0) is 49.7 Å². The van der Waals surface area contributed by atoms with Crippen LogP contribution in [0.3, 0.4) is 0 Å². The fourth-order valence-electron chi connectivity index (χ4n) is 6.53. The summed E-state index contributed by atoms with van der Waals surface area (Å²) in [4.78, 5) is 48.9. The molecule has 0 spiro atoms. The molecule has 0 saturated carbocycles. The van der Waals surface area contributed by atoms with Gasteiger partial charge in [0.25, 0.3) is 5.24 Å². The molecule has 58 heavy (non-hydrogen) atoms. The van der Waals surface area contributed by atoms with E-state index in [9.17, 15) is 14.4 Å². The summed E-state index contributed by atoms with van der Waals surface area (Å²) < 4.78 is 18.9. The number of amides is 2. The molecule has 0 aliphatic carbocycles. The van der Waals surface area contributed by atoms with Crippen LogP contribution in [0.2, 0.25) is 20.1 Å². The van der Waals surface area contributed by atoms with Crippen LogP contribution < -0.4 is 19.3 Å². The molecule has 2 saturated heterocycles. The average molecular weight is 896 g/mol. The second kappa shape index (κ2) is 18.9. The van der Waals surface area contributed by atoms with Crippen LogP contribution in [0.4, 0.5) is 11.4 Å². The van der Waals surface area contributed by atoms with Crippen molar-refractivity contribution in [3.8, 4) is 23.1 Å². The van der Waals surface area contributed by atoms with Crippen molar-refractivity contribution in [3.63, 3.8) is 0 Å². The summed E-state index contributed by atoms with van der Waals surface area (Å²) in [6.07, 6.45) is 2.99. The fourth-order valence-corrected chi connectivity index (χ4v) is 7.54. The van der Waals surface area contributed by atoms with Crippen LogP contribution in [-0.2, 0) is 22.7 Å². The standard InChI is InChI=1S/C20H21Cl2N5O3.C18H19Cl3N4O3/c1-13-18(22)19(20-23-5-10-30-20)24-27(13)12-17(28)26-8-6-25(7-9-26)14-3-4-15(21)16(11-14)29-2;1-11-16(20)17(18(21)27)22-25(11)10-15(26)24-7-5-23(6-8-24)12-3-4-13(19)14(9-12)28-2/h3-5,10-11H,6-9,12H2,1-2H3;3-4,9H,5-8,10H2,1-2H3. The molecular weight excluding hydrogens is 856 g/mol. The topological polar surface area (TPSA) is 144 Å². The number of aromatic nitrogens is 5. The van der Waals surface area contributed by atoms with Crippen molar-refractivity contribution in [2.24, 2.45) is 0 Å². The van der Waals surface area contributed by atoms with Crippen LogP contribution in [-0.4, -0.2) is 118 Å². The Labute approximate surface area is 359 Å². The van der Waals surface area contributed by atoms with Crippen molar-refractivity contribution >= 4 is 86.4 Å². The van der Waals surface area contributed by atoms with Gasteiger partial charge in [-0.3, -0.25) is 23.7 Å².